The van der Waals surface area contributed by atoms with Gasteiger partial charge in [-0.3, -0.25) is 5.41 Å². The van der Waals surface area contributed by atoms with Gasteiger partial charge in [0.1, 0.15) is 5.84 Å². The van der Waals surface area contributed by atoms with Crippen molar-refractivity contribution in [1.29, 1.82) is 5.41 Å². The Balaban J connectivity index is 4.45. The van der Waals surface area contributed by atoms with Crippen molar-refractivity contribution < 1.29 is 0 Å². The summed E-state index contributed by atoms with van der Waals surface area (Å²) in [6, 6.07) is 0. The van der Waals surface area contributed by atoms with Crippen LogP contribution in [0.4, 0.5) is 0 Å². The van der Waals surface area contributed by atoms with E-state index in [-0.39, 0.29) is 0 Å². The SMILES string of the molecule is C=CC(=N)N(/C=C(/C)N)C/C=C\C. The van der Waals surface area contributed by atoms with Crippen LogP contribution in [0.2, 0.25) is 0 Å². The molecule has 0 atom stereocenters. The molecule has 0 aromatic carbocycles. The lowest BCUT2D eigenvalue weighted by Crippen LogP contribution is -2.24. The van der Waals surface area contributed by atoms with Gasteiger partial charge in [-0.25, -0.2) is 0 Å². The first-order chi connectivity index (χ1) is 6.11. The normalized spacial score (nSPS) is 11.7. The summed E-state index contributed by atoms with van der Waals surface area (Å²) in [5.74, 6) is 0.350. The number of nitrogens with two attached hydrogens (primary N) is 1. The zero-order valence-electron chi connectivity index (χ0n) is 8.25. The van der Waals surface area contributed by atoms with Crippen LogP contribution >= 0.6 is 0 Å². The predicted octanol–water partition coefficient (Wildman–Crippen LogP) is 1.85. The molecule has 0 unspecified atom stereocenters. The van der Waals surface area contributed by atoms with Gasteiger partial charge in [-0.2, -0.15) is 0 Å². The maximum absolute atomic E-state index is 7.54. The Labute approximate surface area is 79.7 Å². The molecule has 3 heteroatoms. The Morgan fingerprint density at radius 2 is 2.23 bits per heavy atom. The van der Waals surface area contributed by atoms with E-state index in [2.05, 4.69) is 6.58 Å². The fourth-order valence-electron chi connectivity index (χ4n) is 0.803. The maximum Gasteiger partial charge on any atom is 0.124 e. The van der Waals surface area contributed by atoms with E-state index in [9.17, 15) is 0 Å². The van der Waals surface area contributed by atoms with E-state index in [0.717, 1.165) is 0 Å². The van der Waals surface area contributed by atoms with E-state index in [1.165, 1.54) is 6.08 Å². The molecular weight excluding hydrogens is 162 g/mol. The molecule has 0 spiro atoms. The van der Waals surface area contributed by atoms with Crippen LogP contribution in [0.25, 0.3) is 0 Å². The van der Waals surface area contributed by atoms with Gasteiger partial charge in [-0.15, -0.1) is 0 Å². The molecule has 0 aliphatic rings. The first kappa shape index (κ1) is 11.5. The summed E-state index contributed by atoms with van der Waals surface area (Å²) in [6.45, 7) is 7.92. The second-order valence-corrected chi connectivity index (χ2v) is 2.68. The Bertz CT molecular complexity index is 235. The average Bonchev–Trinajstić information content (AvgIpc) is 2.10. The Hall–Kier alpha value is -1.51. The number of hydrogen-bond acceptors (Lipinski definition) is 2. The van der Waals surface area contributed by atoms with Crippen LogP contribution in [-0.4, -0.2) is 17.3 Å². The second kappa shape index (κ2) is 6.06. The highest BCUT2D eigenvalue weighted by Crippen LogP contribution is 1.96. The van der Waals surface area contributed by atoms with Gasteiger partial charge in [-0.05, 0) is 19.9 Å². The van der Waals surface area contributed by atoms with E-state index in [1.807, 2.05) is 19.1 Å². The van der Waals surface area contributed by atoms with Gasteiger partial charge < -0.3 is 10.6 Å². The van der Waals surface area contributed by atoms with Crippen molar-refractivity contribution in [1.82, 2.24) is 4.90 Å². The molecule has 0 saturated carbocycles. The molecule has 0 rings (SSSR count). The van der Waals surface area contributed by atoms with Gasteiger partial charge in [0, 0.05) is 18.4 Å². The van der Waals surface area contributed by atoms with Gasteiger partial charge in [0.2, 0.25) is 0 Å². The highest BCUT2D eigenvalue weighted by molar-refractivity contribution is 5.90. The molecule has 0 saturated heterocycles. The average molecular weight is 179 g/mol. The van der Waals surface area contributed by atoms with Gasteiger partial charge in [0.15, 0.2) is 0 Å². The highest BCUT2D eigenvalue weighted by Gasteiger charge is 2.00. The number of nitrogens with zero attached hydrogens (tertiary/aromatic N) is 1. The number of allylic oxidation sites excluding steroid dienone is 2. The molecule has 72 valence electrons. The minimum Gasteiger partial charge on any atom is -0.401 e. The molecule has 3 nitrogen and oxygen atoms in total. The summed E-state index contributed by atoms with van der Waals surface area (Å²) >= 11 is 0. The van der Waals surface area contributed by atoms with Crippen LogP contribution in [0.3, 0.4) is 0 Å². The van der Waals surface area contributed by atoms with Gasteiger partial charge in [0.05, 0.1) is 0 Å². The summed E-state index contributed by atoms with van der Waals surface area (Å²) in [5.41, 5.74) is 6.20. The van der Waals surface area contributed by atoms with Gasteiger partial charge in [-0.1, -0.05) is 18.7 Å². The zero-order chi connectivity index (χ0) is 10.3. The van der Waals surface area contributed by atoms with Crippen molar-refractivity contribution in [3.8, 4) is 0 Å². The van der Waals surface area contributed by atoms with E-state index in [0.29, 0.717) is 18.1 Å². The molecule has 0 radical (unpaired) electrons. The lowest BCUT2D eigenvalue weighted by Gasteiger charge is -2.17. The summed E-state index contributed by atoms with van der Waals surface area (Å²) in [7, 11) is 0. The monoisotopic (exact) mass is 179 g/mol. The summed E-state index contributed by atoms with van der Waals surface area (Å²) in [5, 5.41) is 7.54. The Morgan fingerprint density at radius 3 is 2.62 bits per heavy atom. The molecule has 0 bridgehead atoms. The van der Waals surface area contributed by atoms with Crippen LogP contribution < -0.4 is 5.73 Å². The lowest BCUT2D eigenvalue weighted by molar-refractivity contribution is 0.614. The largest absolute Gasteiger partial charge is 0.401 e. The van der Waals surface area contributed by atoms with E-state index in [1.54, 1.807) is 18.0 Å². The van der Waals surface area contributed by atoms with E-state index >= 15 is 0 Å². The van der Waals surface area contributed by atoms with Crippen LogP contribution in [0.1, 0.15) is 13.8 Å². The van der Waals surface area contributed by atoms with Crippen molar-refractivity contribution in [3.05, 3.63) is 36.7 Å². The molecular formula is C10H17N3. The molecule has 0 aromatic rings. The van der Waals surface area contributed by atoms with Gasteiger partial charge in [0.25, 0.3) is 0 Å². The fourth-order valence-corrected chi connectivity index (χ4v) is 0.803. The first-order valence-electron chi connectivity index (χ1n) is 4.14. The number of amidine groups is 1. The van der Waals surface area contributed by atoms with Crippen LogP contribution in [0, 0.1) is 5.41 Å². The molecule has 13 heavy (non-hydrogen) atoms. The lowest BCUT2D eigenvalue weighted by atomic mass is 10.4. The molecule has 0 fully saturated rings. The topological polar surface area (TPSA) is 53.1 Å². The quantitative estimate of drug-likeness (QED) is 0.393. The first-order valence-corrected chi connectivity index (χ1v) is 4.14. The third kappa shape index (κ3) is 4.85. The second-order valence-electron chi connectivity index (χ2n) is 2.68. The van der Waals surface area contributed by atoms with Crippen molar-refractivity contribution in [3.63, 3.8) is 0 Å². The van der Waals surface area contributed by atoms with Crippen LogP contribution in [0.5, 0.6) is 0 Å². The number of rotatable bonds is 4. The third-order valence-electron chi connectivity index (χ3n) is 1.40. The van der Waals surface area contributed by atoms with E-state index < -0.39 is 0 Å². The predicted molar refractivity (Wildman–Crippen MR) is 57.4 cm³/mol. The minimum absolute atomic E-state index is 0.350. The van der Waals surface area contributed by atoms with Crippen molar-refractivity contribution >= 4 is 5.84 Å². The van der Waals surface area contributed by atoms with Crippen LogP contribution in [0.15, 0.2) is 36.7 Å². The molecule has 0 aliphatic carbocycles. The standard InChI is InChI=1S/C10H17N3/c1-4-6-7-13(8-9(3)11)10(12)5-2/h4-6,8,12H,2,7,11H2,1,3H3/b6-4-,9-8-,12-10?. The summed E-state index contributed by atoms with van der Waals surface area (Å²) in [4.78, 5) is 1.72. The van der Waals surface area contributed by atoms with Crippen molar-refractivity contribution in [2.24, 2.45) is 5.73 Å². The number of nitrogens with one attached hydrogen (secondary N) is 1. The molecule has 0 heterocycles. The van der Waals surface area contributed by atoms with Crippen LogP contribution in [-0.2, 0) is 0 Å². The maximum atomic E-state index is 7.54. The number of hydrogen-bond donors (Lipinski definition) is 2. The van der Waals surface area contributed by atoms with Crippen molar-refractivity contribution in [2.45, 2.75) is 13.8 Å². The third-order valence-corrected chi connectivity index (χ3v) is 1.40. The summed E-state index contributed by atoms with van der Waals surface area (Å²) < 4.78 is 0. The smallest absolute Gasteiger partial charge is 0.124 e. The highest BCUT2D eigenvalue weighted by atomic mass is 15.1. The molecule has 3 N–H and O–H groups in total. The molecule has 0 aliphatic heterocycles. The fraction of sp³-hybridized carbons (Fsp3) is 0.300. The zero-order valence-corrected chi connectivity index (χ0v) is 8.25. The Kier molecular flexibility index (Phi) is 5.35. The molecule has 0 aromatic heterocycles. The van der Waals surface area contributed by atoms with Crippen molar-refractivity contribution in [2.75, 3.05) is 6.54 Å². The van der Waals surface area contributed by atoms with E-state index in [4.69, 9.17) is 11.1 Å². The minimum atomic E-state index is 0.350. The van der Waals surface area contributed by atoms with Gasteiger partial charge >= 0.3 is 0 Å². The summed E-state index contributed by atoms with van der Waals surface area (Å²) in [6.07, 6.45) is 7.10. The Morgan fingerprint density at radius 1 is 1.62 bits per heavy atom. The molecule has 0 amide bonds.